The number of methoxy groups -OCH3 is 1. The van der Waals surface area contributed by atoms with Crippen molar-refractivity contribution in [1.82, 2.24) is 4.90 Å². The molecule has 11 heteroatoms. The molecule has 0 saturated carbocycles. The van der Waals surface area contributed by atoms with Crippen LogP contribution in [-0.4, -0.2) is 53.3 Å². The third-order valence-electron chi connectivity index (χ3n) is 4.82. The lowest BCUT2D eigenvalue weighted by molar-refractivity contribution is -0.384. The fraction of sp³-hybridized carbons (Fsp3) is 0.238. The number of imide groups is 1. The Bertz CT molecular complexity index is 1140. The molecule has 0 aliphatic carbocycles. The first kappa shape index (κ1) is 22.4. The van der Waals surface area contributed by atoms with Crippen LogP contribution in [0, 0.1) is 17.0 Å². The topological polar surface area (TPSA) is 145 Å². The molecule has 0 saturated heterocycles. The van der Waals surface area contributed by atoms with Gasteiger partial charge in [0.1, 0.15) is 11.8 Å². The van der Waals surface area contributed by atoms with E-state index in [0.29, 0.717) is 0 Å². The maximum atomic E-state index is 12.6. The number of amides is 3. The predicted molar refractivity (Wildman–Crippen MR) is 110 cm³/mol. The summed E-state index contributed by atoms with van der Waals surface area (Å²) in [6, 6.07) is 7.12. The zero-order valence-corrected chi connectivity index (χ0v) is 17.4. The summed E-state index contributed by atoms with van der Waals surface area (Å²) < 4.78 is 9.98. The van der Waals surface area contributed by atoms with E-state index >= 15 is 0 Å². The van der Waals surface area contributed by atoms with E-state index in [0.717, 1.165) is 16.5 Å². The highest BCUT2D eigenvalue weighted by Gasteiger charge is 2.41. The van der Waals surface area contributed by atoms with Crippen LogP contribution in [0.15, 0.2) is 36.4 Å². The van der Waals surface area contributed by atoms with E-state index in [1.165, 1.54) is 32.2 Å². The van der Waals surface area contributed by atoms with Gasteiger partial charge in [-0.2, -0.15) is 0 Å². The Kier molecular flexibility index (Phi) is 6.19. The third kappa shape index (κ3) is 4.26. The molecule has 0 radical (unpaired) electrons. The van der Waals surface area contributed by atoms with Gasteiger partial charge in [-0.3, -0.25) is 29.4 Å². The number of aryl methyl sites for hydroxylation is 1. The first-order chi connectivity index (χ1) is 15.1. The molecular formula is C21H19N3O8. The molecule has 2 aromatic carbocycles. The van der Waals surface area contributed by atoms with Gasteiger partial charge in [-0.1, -0.05) is 11.6 Å². The minimum atomic E-state index is -1.25. The van der Waals surface area contributed by atoms with Crippen molar-refractivity contribution in [2.45, 2.75) is 19.9 Å². The van der Waals surface area contributed by atoms with Crippen LogP contribution in [-0.2, 0) is 14.3 Å². The molecule has 2 aromatic rings. The van der Waals surface area contributed by atoms with Gasteiger partial charge < -0.3 is 14.8 Å². The van der Waals surface area contributed by atoms with Crippen molar-refractivity contribution in [3.05, 3.63) is 63.2 Å². The number of carbonyl (C=O) groups is 4. The quantitative estimate of drug-likeness (QED) is 0.297. The van der Waals surface area contributed by atoms with E-state index in [1.807, 2.05) is 0 Å². The lowest BCUT2D eigenvalue weighted by Gasteiger charge is -2.20. The number of benzene rings is 2. The number of hydrogen-bond donors (Lipinski definition) is 1. The zero-order chi connectivity index (χ0) is 23.6. The number of rotatable bonds is 7. The van der Waals surface area contributed by atoms with E-state index < -0.39 is 41.3 Å². The van der Waals surface area contributed by atoms with Gasteiger partial charge in [0.05, 0.1) is 34.9 Å². The summed E-state index contributed by atoms with van der Waals surface area (Å²) in [6.45, 7) is 2.40. The maximum absolute atomic E-state index is 12.6. The first-order valence-electron chi connectivity index (χ1n) is 9.41. The van der Waals surface area contributed by atoms with Crippen LogP contribution in [0.2, 0.25) is 0 Å². The minimum Gasteiger partial charge on any atom is -0.494 e. The Hall–Kier alpha value is -4.28. The number of nitro benzene ring substituents is 1. The normalized spacial score (nSPS) is 13.4. The predicted octanol–water partition coefficient (Wildman–Crippen LogP) is 2.08. The second-order valence-electron chi connectivity index (χ2n) is 7.00. The van der Waals surface area contributed by atoms with Gasteiger partial charge >= 0.3 is 5.97 Å². The van der Waals surface area contributed by atoms with Gasteiger partial charge in [0.2, 0.25) is 0 Å². The lowest BCUT2D eigenvalue weighted by Crippen LogP contribution is -2.44. The number of non-ortho nitro benzene ring substituents is 1. The molecule has 1 N–H and O–H groups in total. The summed E-state index contributed by atoms with van der Waals surface area (Å²) in [5, 5.41) is 13.3. The van der Waals surface area contributed by atoms with E-state index in [-0.39, 0.29) is 28.3 Å². The van der Waals surface area contributed by atoms with Crippen molar-refractivity contribution in [2.75, 3.05) is 19.0 Å². The molecule has 1 heterocycles. The van der Waals surface area contributed by atoms with Crippen LogP contribution in [0.3, 0.4) is 0 Å². The van der Waals surface area contributed by atoms with Gasteiger partial charge in [-0.25, -0.2) is 4.79 Å². The Morgan fingerprint density at radius 2 is 1.81 bits per heavy atom. The molecule has 0 spiro atoms. The second kappa shape index (κ2) is 8.84. The summed E-state index contributed by atoms with van der Waals surface area (Å²) in [6.07, 6.45) is 0. The van der Waals surface area contributed by atoms with Gasteiger partial charge in [-0.05, 0) is 32.0 Å². The van der Waals surface area contributed by atoms with Crippen molar-refractivity contribution < 1.29 is 33.6 Å². The fourth-order valence-electron chi connectivity index (χ4n) is 3.17. The zero-order valence-electron chi connectivity index (χ0n) is 17.4. The van der Waals surface area contributed by atoms with E-state index in [2.05, 4.69) is 5.32 Å². The van der Waals surface area contributed by atoms with Crippen molar-refractivity contribution >= 4 is 35.1 Å². The van der Waals surface area contributed by atoms with E-state index in [1.54, 1.807) is 19.1 Å². The monoisotopic (exact) mass is 441 g/mol. The lowest BCUT2D eigenvalue weighted by atomic mass is 10.1. The molecule has 3 amide bonds. The Balaban J connectivity index is 1.62. The number of nitrogens with one attached hydrogen (secondary N) is 1. The number of esters is 1. The molecule has 0 bridgehead atoms. The number of nitrogens with zero attached hydrogens (tertiary/aromatic N) is 2. The second-order valence-corrected chi connectivity index (χ2v) is 7.00. The third-order valence-corrected chi connectivity index (χ3v) is 4.82. The van der Waals surface area contributed by atoms with Crippen LogP contribution >= 0.6 is 0 Å². The van der Waals surface area contributed by atoms with Gasteiger partial charge in [0.15, 0.2) is 6.61 Å². The fourth-order valence-corrected chi connectivity index (χ4v) is 3.17. The SMILES string of the molecule is COc1cc([N+](=O)[O-])ccc1NC(=O)COC(=O)C(C)N1C(=O)c2ccc(C)cc2C1=O. The van der Waals surface area contributed by atoms with Crippen LogP contribution in [0.5, 0.6) is 5.75 Å². The highest BCUT2D eigenvalue weighted by Crippen LogP contribution is 2.29. The average molecular weight is 441 g/mol. The number of hydrogen-bond acceptors (Lipinski definition) is 8. The van der Waals surface area contributed by atoms with E-state index in [9.17, 15) is 29.3 Å². The number of carbonyl (C=O) groups excluding carboxylic acids is 4. The smallest absolute Gasteiger partial charge is 0.329 e. The van der Waals surface area contributed by atoms with Crippen LogP contribution < -0.4 is 10.1 Å². The molecule has 1 aliphatic heterocycles. The standard InChI is InChI=1S/C21H19N3O8/c1-11-4-6-14-15(8-11)20(27)23(19(14)26)12(2)21(28)32-10-18(25)22-16-7-5-13(24(29)30)9-17(16)31-3/h4-9,12H,10H2,1-3H3,(H,22,25). The molecule has 1 unspecified atom stereocenters. The minimum absolute atomic E-state index is 0.0496. The Morgan fingerprint density at radius 3 is 2.47 bits per heavy atom. The summed E-state index contributed by atoms with van der Waals surface area (Å²) in [5.41, 5.74) is 1.11. The highest BCUT2D eigenvalue weighted by molar-refractivity contribution is 6.22. The highest BCUT2D eigenvalue weighted by atomic mass is 16.6. The summed E-state index contributed by atoms with van der Waals surface area (Å²) in [5.74, 6) is -2.86. The van der Waals surface area contributed by atoms with Gasteiger partial charge in [0.25, 0.3) is 23.4 Å². The Morgan fingerprint density at radius 1 is 1.12 bits per heavy atom. The molecule has 0 aromatic heterocycles. The number of ether oxygens (including phenoxy) is 2. The largest absolute Gasteiger partial charge is 0.494 e. The number of nitro groups is 1. The van der Waals surface area contributed by atoms with Gasteiger partial charge in [-0.15, -0.1) is 0 Å². The molecule has 11 nitrogen and oxygen atoms in total. The van der Waals surface area contributed by atoms with Crippen LogP contribution in [0.25, 0.3) is 0 Å². The molecular weight excluding hydrogens is 422 g/mol. The molecule has 0 fully saturated rings. The van der Waals surface area contributed by atoms with Crippen LogP contribution in [0.1, 0.15) is 33.2 Å². The molecule has 166 valence electrons. The van der Waals surface area contributed by atoms with Crippen molar-refractivity contribution in [2.24, 2.45) is 0 Å². The van der Waals surface area contributed by atoms with E-state index in [4.69, 9.17) is 9.47 Å². The molecule has 1 aliphatic rings. The van der Waals surface area contributed by atoms with Crippen molar-refractivity contribution in [1.29, 1.82) is 0 Å². The maximum Gasteiger partial charge on any atom is 0.329 e. The molecule has 3 rings (SSSR count). The van der Waals surface area contributed by atoms with Crippen molar-refractivity contribution in [3.8, 4) is 5.75 Å². The molecule has 32 heavy (non-hydrogen) atoms. The Labute approximate surface area is 182 Å². The van der Waals surface area contributed by atoms with Crippen LogP contribution in [0.4, 0.5) is 11.4 Å². The van der Waals surface area contributed by atoms with Crippen molar-refractivity contribution in [3.63, 3.8) is 0 Å². The first-order valence-corrected chi connectivity index (χ1v) is 9.41. The number of anilines is 1. The number of fused-ring (bicyclic) bond motifs is 1. The summed E-state index contributed by atoms with van der Waals surface area (Å²) in [7, 11) is 1.28. The molecule has 1 atom stereocenters. The van der Waals surface area contributed by atoms with Gasteiger partial charge in [0, 0.05) is 6.07 Å². The summed E-state index contributed by atoms with van der Waals surface area (Å²) >= 11 is 0. The summed E-state index contributed by atoms with van der Waals surface area (Å²) in [4.78, 5) is 60.7. The average Bonchev–Trinajstić information content (AvgIpc) is 3.00.